The second kappa shape index (κ2) is 7.71. The number of hydrogen-bond donors (Lipinski definition) is 2. The molecule has 20 heavy (non-hydrogen) atoms. The highest BCUT2D eigenvalue weighted by molar-refractivity contribution is 4.85. The van der Waals surface area contributed by atoms with Crippen molar-refractivity contribution in [3.8, 4) is 0 Å². The largest absolute Gasteiger partial charge is 0.381 e. The Balaban J connectivity index is 2.21. The molecule has 2 N–H and O–H groups in total. The lowest BCUT2D eigenvalue weighted by molar-refractivity contribution is -0.0265. The van der Waals surface area contributed by atoms with Crippen molar-refractivity contribution < 1.29 is 9.84 Å². The van der Waals surface area contributed by atoms with Gasteiger partial charge in [-0.25, -0.2) is 0 Å². The molecule has 1 heterocycles. The third-order valence-electron chi connectivity index (χ3n) is 3.79. The molecule has 1 rings (SSSR count). The number of nitrogens with zero attached hydrogens (tertiary/aromatic N) is 2. The summed E-state index contributed by atoms with van der Waals surface area (Å²) < 4.78 is 5.83. The van der Waals surface area contributed by atoms with E-state index >= 15 is 0 Å². The highest BCUT2D eigenvalue weighted by Crippen LogP contribution is 2.17. The fourth-order valence-corrected chi connectivity index (χ4v) is 2.41. The average molecular weight is 287 g/mol. The summed E-state index contributed by atoms with van der Waals surface area (Å²) in [7, 11) is 0. The lowest BCUT2D eigenvalue weighted by Crippen LogP contribution is -2.56. The minimum atomic E-state index is 0.0588. The van der Waals surface area contributed by atoms with Crippen molar-refractivity contribution in [2.45, 2.75) is 45.7 Å². The van der Waals surface area contributed by atoms with Crippen molar-refractivity contribution >= 4 is 0 Å². The zero-order chi connectivity index (χ0) is 15.2. The molecule has 1 fully saturated rings. The maximum absolute atomic E-state index is 9.12. The first-order valence-corrected chi connectivity index (χ1v) is 7.66. The molecule has 1 saturated heterocycles. The molecule has 5 heteroatoms. The Bertz CT molecular complexity index is 269. The summed E-state index contributed by atoms with van der Waals surface area (Å²) in [5.74, 6) is 0. The van der Waals surface area contributed by atoms with Crippen LogP contribution in [0, 0.1) is 0 Å². The molecule has 0 amide bonds. The van der Waals surface area contributed by atoms with Crippen molar-refractivity contribution in [2.24, 2.45) is 0 Å². The van der Waals surface area contributed by atoms with Crippen molar-refractivity contribution in [1.82, 2.24) is 15.1 Å². The molecule has 0 atom stereocenters. The number of aliphatic hydroxyl groups excluding tert-OH is 1. The summed E-state index contributed by atoms with van der Waals surface area (Å²) in [6.45, 7) is 17.4. The van der Waals surface area contributed by atoms with Gasteiger partial charge in [0.2, 0.25) is 0 Å². The first-order valence-electron chi connectivity index (χ1n) is 7.66. The molecule has 120 valence electrons. The van der Waals surface area contributed by atoms with E-state index in [9.17, 15) is 0 Å². The van der Waals surface area contributed by atoms with Crippen LogP contribution in [0.1, 0.15) is 34.6 Å². The van der Waals surface area contributed by atoms with Gasteiger partial charge in [0.1, 0.15) is 0 Å². The molecule has 1 aliphatic rings. The first kappa shape index (κ1) is 17.9. The van der Waals surface area contributed by atoms with Crippen LogP contribution in [0.15, 0.2) is 0 Å². The summed E-state index contributed by atoms with van der Waals surface area (Å²) in [6.07, 6.45) is 0. The molecular formula is C15H33N3O2. The summed E-state index contributed by atoms with van der Waals surface area (Å²) in [5, 5.41) is 12.6. The first-order chi connectivity index (χ1) is 9.24. The standard InChI is InChI=1S/C15H33N3O2/c1-14(2,3)16-6-11-20-12-15(4,5)18-9-7-17(13-19)8-10-18/h16,19H,6-13H2,1-5H3. The summed E-state index contributed by atoms with van der Waals surface area (Å²) in [5.41, 5.74) is 0.211. The molecule has 0 aromatic rings. The molecule has 0 spiro atoms. The Kier molecular flexibility index (Phi) is 6.88. The number of rotatable bonds is 7. The van der Waals surface area contributed by atoms with Gasteiger partial charge in [-0.3, -0.25) is 9.80 Å². The third kappa shape index (κ3) is 6.50. The fraction of sp³-hybridized carbons (Fsp3) is 1.00. The van der Waals surface area contributed by atoms with E-state index in [4.69, 9.17) is 9.84 Å². The van der Waals surface area contributed by atoms with Gasteiger partial charge >= 0.3 is 0 Å². The van der Waals surface area contributed by atoms with E-state index in [2.05, 4.69) is 49.7 Å². The monoisotopic (exact) mass is 287 g/mol. The quantitative estimate of drug-likeness (QED) is 0.676. The molecule has 5 nitrogen and oxygen atoms in total. The van der Waals surface area contributed by atoms with E-state index in [-0.39, 0.29) is 17.8 Å². The molecule has 0 unspecified atom stereocenters. The Morgan fingerprint density at radius 1 is 1.05 bits per heavy atom. The second-order valence-corrected chi connectivity index (χ2v) is 7.29. The maximum atomic E-state index is 9.12. The summed E-state index contributed by atoms with van der Waals surface area (Å²) in [4.78, 5) is 4.52. The highest BCUT2D eigenvalue weighted by atomic mass is 16.5. The molecule has 0 aromatic carbocycles. The van der Waals surface area contributed by atoms with Crippen LogP contribution in [0.4, 0.5) is 0 Å². The lowest BCUT2D eigenvalue weighted by Gasteiger charge is -2.43. The van der Waals surface area contributed by atoms with Crippen molar-refractivity contribution in [2.75, 3.05) is 52.7 Å². The minimum absolute atomic E-state index is 0.0588. The summed E-state index contributed by atoms with van der Waals surface area (Å²) in [6, 6.07) is 0. The molecule has 1 aliphatic heterocycles. The van der Waals surface area contributed by atoms with Crippen LogP contribution in [0.2, 0.25) is 0 Å². The van der Waals surface area contributed by atoms with Gasteiger partial charge in [0.25, 0.3) is 0 Å². The van der Waals surface area contributed by atoms with E-state index < -0.39 is 0 Å². The van der Waals surface area contributed by atoms with E-state index in [0.29, 0.717) is 0 Å². The normalized spacial score (nSPS) is 19.5. The van der Waals surface area contributed by atoms with Gasteiger partial charge in [0.15, 0.2) is 0 Å². The van der Waals surface area contributed by atoms with Crippen molar-refractivity contribution in [1.29, 1.82) is 0 Å². The zero-order valence-corrected chi connectivity index (χ0v) is 13.9. The molecule has 0 aliphatic carbocycles. The third-order valence-corrected chi connectivity index (χ3v) is 3.79. The van der Waals surface area contributed by atoms with E-state index in [0.717, 1.165) is 45.9 Å². The van der Waals surface area contributed by atoms with Crippen LogP contribution in [0.5, 0.6) is 0 Å². The number of ether oxygens (including phenoxy) is 1. The van der Waals surface area contributed by atoms with Gasteiger partial charge in [-0.2, -0.15) is 0 Å². The molecule has 0 bridgehead atoms. The Hall–Kier alpha value is -0.200. The number of hydrogen-bond acceptors (Lipinski definition) is 5. The van der Waals surface area contributed by atoms with E-state index in [1.807, 2.05) is 0 Å². The number of piperazine rings is 1. The van der Waals surface area contributed by atoms with Crippen molar-refractivity contribution in [3.05, 3.63) is 0 Å². The van der Waals surface area contributed by atoms with E-state index in [1.54, 1.807) is 0 Å². The predicted molar refractivity (Wildman–Crippen MR) is 82.9 cm³/mol. The molecule has 0 saturated carbocycles. The van der Waals surface area contributed by atoms with Gasteiger partial charge in [0.05, 0.1) is 19.9 Å². The van der Waals surface area contributed by atoms with Crippen LogP contribution in [0.25, 0.3) is 0 Å². The van der Waals surface area contributed by atoms with Gasteiger partial charge in [-0.1, -0.05) is 0 Å². The molecule has 0 radical (unpaired) electrons. The Morgan fingerprint density at radius 3 is 2.15 bits per heavy atom. The number of aliphatic hydroxyl groups is 1. The predicted octanol–water partition coefficient (Wildman–Crippen LogP) is 0.737. The summed E-state index contributed by atoms with van der Waals surface area (Å²) >= 11 is 0. The zero-order valence-electron chi connectivity index (χ0n) is 13.9. The van der Waals surface area contributed by atoms with E-state index in [1.165, 1.54) is 0 Å². The van der Waals surface area contributed by atoms with Gasteiger partial charge in [0, 0.05) is 43.8 Å². The highest BCUT2D eigenvalue weighted by Gasteiger charge is 2.29. The average Bonchev–Trinajstić information content (AvgIpc) is 2.37. The number of nitrogens with one attached hydrogen (secondary N) is 1. The Labute approximate surface area is 124 Å². The molecular weight excluding hydrogens is 254 g/mol. The van der Waals surface area contributed by atoms with Gasteiger partial charge in [-0.05, 0) is 34.6 Å². The van der Waals surface area contributed by atoms with Gasteiger partial charge in [-0.15, -0.1) is 0 Å². The van der Waals surface area contributed by atoms with Crippen molar-refractivity contribution in [3.63, 3.8) is 0 Å². The maximum Gasteiger partial charge on any atom is 0.0957 e. The Morgan fingerprint density at radius 2 is 1.65 bits per heavy atom. The second-order valence-electron chi connectivity index (χ2n) is 7.29. The van der Waals surface area contributed by atoms with Crippen LogP contribution in [-0.4, -0.2) is 78.7 Å². The molecule has 0 aromatic heterocycles. The van der Waals surface area contributed by atoms with Gasteiger partial charge < -0.3 is 15.2 Å². The fourth-order valence-electron chi connectivity index (χ4n) is 2.41. The topological polar surface area (TPSA) is 48.0 Å². The van der Waals surface area contributed by atoms with Crippen LogP contribution < -0.4 is 5.32 Å². The lowest BCUT2D eigenvalue weighted by atomic mass is 10.0. The van der Waals surface area contributed by atoms with Crippen LogP contribution in [-0.2, 0) is 4.74 Å². The smallest absolute Gasteiger partial charge is 0.0957 e. The van der Waals surface area contributed by atoms with Crippen LogP contribution >= 0.6 is 0 Å². The minimum Gasteiger partial charge on any atom is -0.381 e. The van der Waals surface area contributed by atoms with Crippen LogP contribution in [0.3, 0.4) is 0 Å². The SMILES string of the molecule is CC(C)(C)NCCOCC(C)(C)N1CCN(CO)CC1.